The molecule has 1 heterocycles. The normalized spacial score (nSPS) is 16.5. The van der Waals surface area contributed by atoms with Crippen LogP contribution in [0.15, 0.2) is 18.2 Å². The Labute approximate surface area is 190 Å². The van der Waals surface area contributed by atoms with E-state index in [2.05, 4.69) is 10.6 Å². The van der Waals surface area contributed by atoms with Crippen LogP contribution in [0.2, 0.25) is 0 Å². The van der Waals surface area contributed by atoms with Crippen LogP contribution >= 0.6 is 0 Å². The maximum atomic E-state index is 12.9. The van der Waals surface area contributed by atoms with Gasteiger partial charge < -0.3 is 25.0 Å². The molecular weight excluding hydrogens is 434 g/mol. The van der Waals surface area contributed by atoms with E-state index in [1.165, 1.54) is 4.90 Å². The number of hydrogen-bond donors (Lipinski definition) is 2. The number of hydrogen-bond acceptors (Lipinski definition) is 6. The highest BCUT2D eigenvalue weighted by atomic mass is 32.2. The van der Waals surface area contributed by atoms with Crippen molar-refractivity contribution < 1.29 is 28.1 Å². The summed E-state index contributed by atoms with van der Waals surface area (Å²) < 4.78 is 23.0. The third-order valence-electron chi connectivity index (χ3n) is 5.15. The summed E-state index contributed by atoms with van der Waals surface area (Å²) in [5.74, 6) is -0.563. The number of ether oxygens (including phenoxy) is 2. The van der Waals surface area contributed by atoms with Gasteiger partial charge in [-0.3, -0.25) is 18.6 Å². The highest BCUT2D eigenvalue weighted by Crippen LogP contribution is 2.34. The van der Waals surface area contributed by atoms with Gasteiger partial charge in [-0.1, -0.05) is 12.8 Å². The van der Waals surface area contributed by atoms with Crippen molar-refractivity contribution in [3.8, 4) is 11.5 Å². The van der Waals surface area contributed by atoms with Crippen molar-refractivity contribution in [1.29, 1.82) is 0 Å². The molecule has 176 valence electrons. The van der Waals surface area contributed by atoms with Crippen molar-refractivity contribution in [2.75, 3.05) is 30.2 Å². The van der Waals surface area contributed by atoms with Crippen molar-refractivity contribution in [2.24, 2.45) is 0 Å². The predicted octanol–water partition coefficient (Wildman–Crippen LogP) is 1.79. The minimum atomic E-state index is -1.70. The van der Waals surface area contributed by atoms with E-state index in [1.807, 2.05) is 20.8 Å². The fourth-order valence-electron chi connectivity index (χ4n) is 3.84. The van der Waals surface area contributed by atoms with Crippen LogP contribution < -0.4 is 20.1 Å². The molecule has 1 aromatic carbocycles. The number of amides is 3. The third kappa shape index (κ3) is 6.94. The van der Waals surface area contributed by atoms with E-state index in [0.29, 0.717) is 17.2 Å². The van der Waals surface area contributed by atoms with Gasteiger partial charge in [0.2, 0.25) is 24.5 Å². The largest absolute Gasteiger partial charge is 0.454 e. The SMILES string of the molecule is CC(C)(C)NC(=O)CN(C(=O)CS(=O)CC(=O)Nc1ccc2c(c1)OCO2)C1CCCC1. The Morgan fingerprint density at radius 1 is 1.06 bits per heavy atom. The van der Waals surface area contributed by atoms with Gasteiger partial charge in [-0.15, -0.1) is 0 Å². The molecule has 3 rings (SSSR count). The Kier molecular flexibility index (Phi) is 7.76. The van der Waals surface area contributed by atoms with Crippen LogP contribution in [0.1, 0.15) is 46.5 Å². The van der Waals surface area contributed by atoms with Gasteiger partial charge in [0.15, 0.2) is 11.5 Å². The van der Waals surface area contributed by atoms with Crippen LogP contribution in [0, 0.1) is 0 Å². The topological polar surface area (TPSA) is 114 Å². The van der Waals surface area contributed by atoms with Gasteiger partial charge in [0, 0.05) is 34.1 Å². The Morgan fingerprint density at radius 2 is 1.75 bits per heavy atom. The van der Waals surface area contributed by atoms with E-state index in [-0.39, 0.29) is 42.7 Å². The third-order valence-corrected chi connectivity index (χ3v) is 6.30. The van der Waals surface area contributed by atoms with Crippen LogP contribution in [-0.2, 0) is 25.2 Å². The van der Waals surface area contributed by atoms with Crippen LogP contribution in [-0.4, -0.2) is 63.3 Å². The smallest absolute Gasteiger partial charge is 0.240 e. The summed E-state index contributed by atoms with van der Waals surface area (Å²) >= 11 is 0. The minimum absolute atomic E-state index is 0.0346. The molecule has 1 atom stereocenters. The highest BCUT2D eigenvalue weighted by molar-refractivity contribution is 7.86. The molecule has 1 unspecified atom stereocenters. The second-order valence-electron chi connectivity index (χ2n) is 9.10. The van der Waals surface area contributed by atoms with Gasteiger partial charge in [-0.25, -0.2) is 0 Å². The Balaban J connectivity index is 1.54. The maximum Gasteiger partial charge on any atom is 0.240 e. The lowest BCUT2D eigenvalue weighted by atomic mass is 10.1. The monoisotopic (exact) mass is 465 g/mol. The Bertz CT molecular complexity index is 892. The number of rotatable bonds is 8. The fourth-order valence-corrected chi connectivity index (χ4v) is 4.75. The first kappa shape index (κ1) is 24.0. The minimum Gasteiger partial charge on any atom is -0.454 e. The number of carbonyl (C=O) groups is 3. The summed E-state index contributed by atoms with van der Waals surface area (Å²) in [6.07, 6.45) is 3.64. The van der Waals surface area contributed by atoms with Crippen molar-refractivity contribution >= 4 is 34.2 Å². The first-order valence-electron chi connectivity index (χ1n) is 10.8. The zero-order valence-corrected chi connectivity index (χ0v) is 19.6. The average molecular weight is 466 g/mol. The second kappa shape index (κ2) is 10.3. The number of fused-ring (bicyclic) bond motifs is 1. The van der Waals surface area contributed by atoms with E-state index in [0.717, 1.165) is 25.7 Å². The van der Waals surface area contributed by atoms with Crippen LogP contribution in [0.3, 0.4) is 0 Å². The number of nitrogens with one attached hydrogen (secondary N) is 2. The van der Waals surface area contributed by atoms with Crippen molar-refractivity contribution in [1.82, 2.24) is 10.2 Å². The lowest BCUT2D eigenvalue weighted by Crippen LogP contribution is -2.50. The molecule has 0 aromatic heterocycles. The standard InChI is InChI=1S/C22H31N3O6S/c1-22(2,3)24-19(26)11-25(16-6-4-5-7-16)21(28)13-32(29)12-20(27)23-15-8-9-17-18(10-15)31-14-30-17/h8-10,16H,4-7,11-14H2,1-3H3,(H,23,27)(H,24,26). The summed E-state index contributed by atoms with van der Waals surface area (Å²) in [5, 5.41) is 5.53. The van der Waals surface area contributed by atoms with Gasteiger partial charge >= 0.3 is 0 Å². The molecule has 0 saturated heterocycles. The Hall–Kier alpha value is -2.62. The molecule has 2 aliphatic rings. The maximum absolute atomic E-state index is 12.9. The summed E-state index contributed by atoms with van der Waals surface area (Å²) in [7, 11) is -1.70. The van der Waals surface area contributed by atoms with Crippen molar-refractivity contribution in [3.05, 3.63) is 18.2 Å². The quantitative estimate of drug-likeness (QED) is 0.605. The van der Waals surface area contributed by atoms with E-state index in [4.69, 9.17) is 9.47 Å². The number of anilines is 1. The summed E-state index contributed by atoms with van der Waals surface area (Å²) in [4.78, 5) is 39.1. The fraction of sp³-hybridized carbons (Fsp3) is 0.591. The lowest BCUT2D eigenvalue weighted by molar-refractivity contribution is -0.136. The van der Waals surface area contributed by atoms with Gasteiger partial charge in [-0.2, -0.15) is 0 Å². The highest BCUT2D eigenvalue weighted by Gasteiger charge is 2.30. The molecule has 1 saturated carbocycles. The number of nitrogens with zero attached hydrogens (tertiary/aromatic N) is 1. The summed E-state index contributed by atoms with van der Waals surface area (Å²) in [6, 6.07) is 4.94. The predicted molar refractivity (Wildman–Crippen MR) is 121 cm³/mol. The molecule has 2 N–H and O–H groups in total. The molecule has 32 heavy (non-hydrogen) atoms. The van der Waals surface area contributed by atoms with Gasteiger partial charge in [-0.05, 0) is 45.7 Å². The first-order valence-corrected chi connectivity index (χ1v) is 12.2. The van der Waals surface area contributed by atoms with E-state index < -0.39 is 22.2 Å². The molecule has 9 nitrogen and oxygen atoms in total. The van der Waals surface area contributed by atoms with Gasteiger partial charge in [0.05, 0.1) is 6.54 Å². The number of benzene rings is 1. The van der Waals surface area contributed by atoms with Crippen molar-refractivity contribution in [3.63, 3.8) is 0 Å². The van der Waals surface area contributed by atoms with E-state index >= 15 is 0 Å². The molecule has 3 amide bonds. The molecule has 1 fully saturated rings. The summed E-state index contributed by atoms with van der Waals surface area (Å²) in [5.41, 5.74) is 0.0888. The average Bonchev–Trinajstić information content (AvgIpc) is 3.35. The van der Waals surface area contributed by atoms with Crippen LogP contribution in [0.5, 0.6) is 11.5 Å². The Morgan fingerprint density at radius 3 is 2.44 bits per heavy atom. The second-order valence-corrected chi connectivity index (χ2v) is 10.6. The molecule has 1 aromatic rings. The molecule has 1 aliphatic carbocycles. The molecular formula is C22H31N3O6S. The molecule has 0 bridgehead atoms. The van der Waals surface area contributed by atoms with E-state index in [1.54, 1.807) is 18.2 Å². The molecule has 0 radical (unpaired) electrons. The molecule has 1 aliphatic heterocycles. The number of carbonyl (C=O) groups excluding carboxylic acids is 3. The zero-order valence-electron chi connectivity index (χ0n) is 18.8. The van der Waals surface area contributed by atoms with Crippen LogP contribution in [0.4, 0.5) is 5.69 Å². The van der Waals surface area contributed by atoms with Crippen LogP contribution in [0.25, 0.3) is 0 Å². The molecule has 0 spiro atoms. The first-order chi connectivity index (χ1) is 15.1. The molecule has 10 heteroatoms. The van der Waals surface area contributed by atoms with Gasteiger partial charge in [0.25, 0.3) is 0 Å². The van der Waals surface area contributed by atoms with E-state index in [9.17, 15) is 18.6 Å². The summed E-state index contributed by atoms with van der Waals surface area (Å²) in [6.45, 7) is 5.69. The lowest BCUT2D eigenvalue weighted by Gasteiger charge is -2.30. The van der Waals surface area contributed by atoms with Gasteiger partial charge in [0.1, 0.15) is 11.5 Å². The van der Waals surface area contributed by atoms with Crippen molar-refractivity contribution in [2.45, 2.75) is 58.0 Å². The zero-order chi connectivity index (χ0) is 23.3.